The maximum Gasteiger partial charge on any atom is 0.178 e. The van der Waals surface area contributed by atoms with Crippen LogP contribution in [0.3, 0.4) is 0 Å². The summed E-state index contributed by atoms with van der Waals surface area (Å²) in [4.78, 5) is 14.9. The molecule has 0 amide bonds. The second-order valence-corrected chi connectivity index (χ2v) is 15.5. The van der Waals surface area contributed by atoms with E-state index in [4.69, 9.17) is 19.7 Å². The van der Waals surface area contributed by atoms with E-state index in [0.717, 1.165) is 49.3 Å². The van der Waals surface area contributed by atoms with Crippen LogP contribution in [0.4, 0.5) is 0 Å². The van der Waals surface area contributed by atoms with Gasteiger partial charge in [-0.1, -0.05) is 129 Å². The second-order valence-electron chi connectivity index (χ2n) is 12.8. The molecule has 1 aliphatic heterocycles. The smallest absolute Gasteiger partial charge is 0.178 e. The molecule has 9 rings (SSSR count). The highest BCUT2D eigenvalue weighted by Crippen LogP contribution is 2.56. The Morgan fingerprint density at radius 1 is 0.500 bits per heavy atom. The molecule has 1 unspecified atom stereocenters. The Hall–Kier alpha value is -5.64. The summed E-state index contributed by atoms with van der Waals surface area (Å²) in [5.41, 5.74) is 6.89. The van der Waals surface area contributed by atoms with Crippen molar-refractivity contribution < 1.29 is 9.30 Å². The second kappa shape index (κ2) is 10.7. The van der Waals surface area contributed by atoms with Crippen molar-refractivity contribution in [1.82, 2.24) is 15.0 Å². The molecule has 6 heteroatoms. The molecule has 1 aromatic heterocycles. The Balaban J connectivity index is 1.25. The van der Waals surface area contributed by atoms with E-state index in [9.17, 15) is 0 Å². The van der Waals surface area contributed by atoms with Gasteiger partial charge in [-0.05, 0) is 52.6 Å². The first-order valence-corrected chi connectivity index (χ1v) is 17.8. The van der Waals surface area contributed by atoms with Crippen molar-refractivity contribution in [2.75, 3.05) is 0 Å². The molecule has 0 N–H and O–H groups in total. The molecule has 0 spiro atoms. The van der Waals surface area contributed by atoms with Gasteiger partial charge in [-0.3, -0.25) is 0 Å². The van der Waals surface area contributed by atoms with Gasteiger partial charge >= 0.3 is 0 Å². The van der Waals surface area contributed by atoms with Crippen molar-refractivity contribution in [3.63, 3.8) is 0 Å². The average Bonchev–Trinajstić information content (AvgIpc) is 3.36. The zero-order valence-corrected chi connectivity index (χ0v) is 27.4. The highest BCUT2D eigenvalue weighted by molar-refractivity contribution is 7.85. The topological polar surface area (TPSA) is 65.0 Å². The molecule has 0 fully saturated rings. The highest BCUT2D eigenvalue weighted by Gasteiger charge is 2.43. The van der Waals surface area contributed by atoms with Gasteiger partial charge in [-0.15, -0.1) is 0 Å². The first-order chi connectivity index (χ1) is 23.4. The molecule has 48 heavy (non-hydrogen) atoms. The van der Waals surface area contributed by atoms with Crippen molar-refractivity contribution in [1.29, 1.82) is 0 Å². The Morgan fingerprint density at radius 2 is 1.04 bits per heavy atom. The minimum atomic E-state index is -3.24. The molecule has 1 aliphatic carbocycles. The average molecular weight is 640 g/mol. The van der Waals surface area contributed by atoms with Crippen molar-refractivity contribution >= 4 is 23.1 Å². The highest BCUT2D eigenvalue weighted by atomic mass is 31.2. The molecule has 5 nitrogen and oxygen atoms in total. The summed E-state index contributed by atoms with van der Waals surface area (Å²) in [6.07, 6.45) is 0. The van der Waals surface area contributed by atoms with Crippen LogP contribution >= 0.6 is 7.14 Å². The first kappa shape index (κ1) is 28.6. The standard InChI is InChI=1S/C42H30N3O2P/c1-42(2)33-23-22-29(41-44-39(27-14-6-3-7-15-27)43-40(45-41)28-16-8-4-9-17-28)24-31(33)32-25-38-36(26-34(32)42)47-35-20-12-13-21-37(35)48(38,46)30-18-10-5-11-19-30/h3-26H,1-2H3. The van der Waals surface area contributed by atoms with Crippen molar-refractivity contribution in [3.8, 4) is 56.8 Å². The minimum Gasteiger partial charge on any atom is -0.456 e. The molecule has 2 aliphatic rings. The van der Waals surface area contributed by atoms with Crippen LogP contribution in [0.5, 0.6) is 11.5 Å². The number of para-hydroxylation sites is 1. The largest absolute Gasteiger partial charge is 0.456 e. The lowest BCUT2D eigenvalue weighted by atomic mass is 9.82. The number of nitrogens with zero attached hydrogens (tertiary/aromatic N) is 3. The number of ether oxygens (including phenoxy) is 1. The Morgan fingerprint density at radius 3 is 1.69 bits per heavy atom. The SMILES string of the molecule is CC1(C)c2ccc(-c3nc(-c4ccccc4)nc(-c4ccccc4)n3)cc2-c2cc3c(cc21)Oc1ccccc1P3(=O)c1ccccc1. The number of rotatable bonds is 4. The number of hydrogen-bond acceptors (Lipinski definition) is 5. The number of hydrogen-bond donors (Lipinski definition) is 0. The van der Waals surface area contributed by atoms with E-state index < -0.39 is 7.14 Å². The Bertz CT molecular complexity index is 2370. The zero-order valence-electron chi connectivity index (χ0n) is 26.5. The molecule has 2 heterocycles. The molecule has 1 atom stereocenters. The summed E-state index contributed by atoms with van der Waals surface area (Å²) >= 11 is 0. The van der Waals surface area contributed by atoms with Crippen LogP contribution in [-0.4, -0.2) is 15.0 Å². The van der Waals surface area contributed by atoms with Gasteiger partial charge in [0, 0.05) is 27.4 Å². The quantitative estimate of drug-likeness (QED) is 0.180. The Kier molecular flexibility index (Phi) is 6.37. The summed E-state index contributed by atoms with van der Waals surface area (Å²) in [6.45, 7) is 4.47. The van der Waals surface area contributed by atoms with Gasteiger partial charge in [0.2, 0.25) is 0 Å². The molecule has 230 valence electrons. The predicted molar refractivity (Wildman–Crippen MR) is 193 cm³/mol. The van der Waals surface area contributed by atoms with E-state index >= 15 is 4.57 Å². The lowest BCUT2D eigenvalue weighted by Gasteiger charge is -2.30. The normalized spacial score (nSPS) is 16.6. The molecule has 0 saturated heterocycles. The molecular formula is C42H30N3O2P. The van der Waals surface area contributed by atoms with Crippen molar-refractivity contribution in [2.24, 2.45) is 0 Å². The van der Waals surface area contributed by atoms with Crippen LogP contribution in [0.1, 0.15) is 25.0 Å². The van der Waals surface area contributed by atoms with E-state index in [1.54, 1.807) is 0 Å². The molecule has 7 aromatic rings. The number of benzene rings is 6. The fourth-order valence-electron chi connectivity index (χ4n) is 7.14. The van der Waals surface area contributed by atoms with E-state index in [1.807, 2.05) is 115 Å². The summed E-state index contributed by atoms with van der Waals surface area (Å²) in [5, 5.41) is 2.24. The fourth-order valence-corrected chi connectivity index (χ4v) is 10.0. The predicted octanol–water partition coefficient (Wildman–Crippen LogP) is 8.92. The number of aromatic nitrogens is 3. The molecule has 0 radical (unpaired) electrons. The minimum absolute atomic E-state index is 0.307. The van der Waals surface area contributed by atoms with Crippen LogP contribution in [0, 0.1) is 0 Å². The van der Waals surface area contributed by atoms with Crippen LogP contribution in [0.25, 0.3) is 45.3 Å². The Labute approximate surface area is 279 Å². The van der Waals surface area contributed by atoms with Crippen LogP contribution in [0.15, 0.2) is 146 Å². The van der Waals surface area contributed by atoms with Gasteiger partial charge in [0.05, 0.1) is 10.6 Å². The third kappa shape index (κ3) is 4.32. The van der Waals surface area contributed by atoms with Gasteiger partial charge in [0.15, 0.2) is 24.6 Å². The summed E-state index contributed by atoms with van der Waals surface area (Å²) < 4.78 is 22.0. The molecule has 6 aromatic carbocycles. The molecule has 0 bridgehead atoms. The van der Waals surface area contributed by atoms with Crippen LogP contribution in [-0.2, 0) is 9.98 Å². The van der Waals surface area contributed by atoms with Gasteiger partial charge in [-0.2, -0.15) is 0 Å². The fraction of sp³-hybridized carbons (Fsp3) is 0.0714. The van der Waals surface area contributed by atoms with E-state index in [0.29, 0.717) is 29.0 Å². The zero-order chi connectivity index (χ0) is 32.5. The third-order valence-corrected chi connectivity index (χ3v) is 12.7. The van der Waals surface area contributed by atoms with Crippen LogP contribution < -0.4 is 20.7 Å². The van der Waals surface area contributed by atoms with E-state index in [2.05, 4.69) is 44.2 Å². The lowest BCUT2D eigenvalue weighted by molar-refractivity contribution is 0.483. The lowest BCUT2D eigenvalue weighted by Crippen LogP contribution is -2.31. The van der Waals surface area contributed by atoms with Crippen molar-refractivity contribution in [2.45, 2.75) is 19.3 Å². The van der Waals surface area contributed by atoms with Gasteiger partial charge < -0.3 is 9.30 Å². The van der Waals surface area contributed by atoms with Crippen molar-refractivity contribution in [3.05, 3.63) is 157 Å². The summed E-state index contributed by atoms with van der Waals surface area (Å²) in [7, 11) is -3.24. The monoisotopic (exact) mass is 639 g/mol. The third-order valence-electron chi connectivity index (χ3n) is 9.60. The summed E-state index contributed by atoms with van der Waals surface area (Å²) in [6, 6.07) is 48.2. The maximum absolute atomic E-state index is 15.5. The maximum atomic E-state index is 15.5. The molecule has 0 saturated carbocycles. The molecular weight excluding hydrogens is 609 g/mol. The van der Waals surface area contributed by atoms with Gasteiger partial charge in [-0.25, -0.2) is 15.0 Å². The van der Waals surface area contributed by atoms with Gasteiger partial charge in [0.1, 0.15) is 11.5 Å². The first-order valence-electron chi connectivity index (χ1n) is 16.1. The van der Waals surface area contributed by atoms with E-state index in [-0.39, 0.29) is 5.41 Å². The van der Waals surface area contributed by atoms with Gasteiger partial charge in [0.25, 0.3) is 0 Å². The summed E-state index contributed by atoms with van der Waals surface area (Å²) in [5.74, 6) is 3.13. The van der Waals surface area contributed by atoms with Crippen LogP contribution in [0.2, 0.25) is 0 Å². The number of fused-ring (bicyclic) bond motifs is 5. The van der Waals surface area contributed by atoms with E-state index in [1.165, 1.54) is 5.56 Å².